The molecule has 20 heavy (non-hydrogen) atoms. The Bertz CT molecular complexity index is 503. The Morgan fingerprint density at radius 3 is 2.65 bits per heavy atom. The lowest BCUT2D eigenvalue weighted by atomic mass is 10.1. The lowest BCUT2D eigenvalue weighted by molar-refractivity contribution is -0.385. The van der Waals surface area contributed by atoms with Gasteiger partial charge in [0.15, 0.2) is 0 Å². The maximum absolute atomic E-state index is 11.7. The second-order valence-corrected chi connectivity index (χ2v) is 4.43. The van der Waals surface area contributed by atoms with Crippen LogP contribution in [-0.2, 0) is 9.53 Å². The van der Waals surface area contributed by atoms with E-state index >= 15 is 0 Å². The van der Waals surface area contributed by atoms with Crippen LogP contribution in [0.1, 0.15) is 11.1 Å². The molecule has 0 saturated heterocycles. The standard InChI is InChI=1S/C13H19N3O4/c1-9-7-12(16(18)19)10(2)6-11(9)15-13(17)8-14-4-5-20-3/h6-7,14H,4-5,8H2,1-3H3,(H,15,17). The van der Waals surface area contributed by atoms with Gasteiger partial charge in [-0.05, 0) is 25.5 Å². The fraction of sp³-hybridized carbons (Fsp3) is 0.462. The molecule has 1 rings (SSSR count). The van der Waals surface area contributed by atoms with Gasteiger partial charge < -0.3 is 15.4 Å². The van der Waals surface area contributed by atoms with Gasteiger partial charge in [-0.25, -0.2) is 0 Å². The number of rotatable bonds is 7. The minimum absolute atomic E-state index is 0.0544. The van der Waals surface area contributed by atoms with E-state index in [9.17, 15) is 14.9 Å². The number of nitrogens with zero attached hydrogens (tertiary/aromatic N) is 1. The fourth-order valence-electron chi connectivity index (χ4n) is 1.70. The van der Waals surface area contributed by atoms with E-state index < -0.39 is 4.92 Å². The smallest absolute Gasteiger partial charge is 0.272 e. The number of hydrogen-bond acceptors (Lipinski definition) is 5. The Kier molecular flexibility index (Phi) is 6.08. The molecule has 0 aliphatic heterocycles. The first-order valence-electron chi connectivity index (χ1n) is 6.21. The third kappa shape index (κ3) is 4.60. The SMILES string of the molecule is COCCNCC(=O)Nc1cc(C)c([N+](=O)[O-])cc1C. The molecule has 1 aromatic carbocycles. The third-order valence-electron chi connectivity index (χ3n) is 2.78. The van der Waals surface area contributed by atoms with Crippen LogP contribution in [0.15, 0.2) is 12.1 Å². The summed E-state index contributed by atoms with van der Waals surface area (Å²) in [6, 6.07) is 3.07. The number of carbonyl (C=O) groups is 1. The summed E-state index contributed by atoms with van der Waals surface area (Å²) in [4.78, 5) is 22.1. The zero-order valence-corrected chi connectivity index (χ0v) is 11.9. The van der Waals surface area contributed by atoms with Crippen molar-refractivity contribution >= 4 is 17.3 Å². The number of nitro benzene ring substituents is 1. The molecule has 0 saturated carbocycles. The van der Waals surface area contributed by atoms with E-state index in [1.54, 1.807) is 27.0 Å². The van der Waals surface area contributed by atoms with Crippen molar-refractivity contribution in [3.63, 3.8) is 0 Å². The average Bonchev–Trinajstić information content (AvgIpc) is 2.38. The van der Waals surface area contributed by atoms with Crippen molar-refractivity contribution in [3.05, 3.63) is 33.4 Å². The number of methoxy groups -OCH3 is 1. The zero-order valence-electron chi connectivity index (χ0n) is 11.9. The molecule has 2 N–H and O–H groups in total. The van der Waals surface area contributed by atoms with Gasteiger partial charge in [-0.1, -0.05) is 0 Å². The van der Waals surface area contributed by atoms with E-state index in [1.165, 1.54) is 6.07 Å². The third-order valence-corrected chi connectivity index (χ3v) is 2.78. The van der Waals surface area contributed by atoms with Crippen LogP contribution in [-0.4, -0.2) is 37.6 Å². The Morgan fingerprint density at radius 1 is 1.35 bits per heavy atom. The summed E-state index contributed by atoms with van der Waals surface area (Å²) in [5, 5.41) is 16.5. The molecule has 110 valence electrons. The summed E-state index contributed by atoms with van der Waals surface area (Å²) in [6.07, 6.45) is 0. The van der Waals surface area contributed by atoms with Crippen LogP contribution < -0.4 is 10.6 Å². The van der Waals surface area contributed by atoms with Crippen LogP contribution in [0.3, 0.4) is 0 Å². The molecule has 0 aromatic heterocycles. The normalized spacial score (nSPS) is 10.3. The second-order valence-electron chi connectivity index (χ2n) is 4.43. The summed E-state index contributed by atoms with van der Waals surface area (Å²) in [5.74, 6) is -0.197. The number of benzene rings is 1. The number of aryl methyl sites for hydroxylation is 2. The average molecular weight is 281 g/mol. The number of hydrogen-bond donors (Lipinski definition) is 2. The van der Waals surface area contributed by atoms with Crippen LogP contribution in [0.5, 0.6) is 0 Å². The summed E-state index contributed by atoms with van der Waals surface area (Å²) >= 11 is 0. The summed E-state index contributed by atoms with van der Waals surface area (Å²) in [7, 11) is 1.59. The van der Waals surface area contributed by atoms with Crippen LogP contribution in [0.25, 0.3) is 0 Å². The highest BCUT2D eigenvalue weighted by molar-refractivity contribution is 5.93. The molecule has 0 aliphatic rings. The predicted molar refractivity (Wildman–Crippen MR) is 75.9 cm³/mol. The first-order chi connectivity index (χ1) is 9.45. The molecular formula is C13H19N3O4. The van der Waals surface area contributed by atoms with Gasteiger partial charge in [-0.2, -0.15) is 0 Å². The van der Waals surface area contributed by atoms with Crippen molar-refractivity contribution in [2.24, 2.45) is 0 Å². The molecule has 0 atom stereocenters. The van der Waals surface area contributed by atoms with Gasteiger partial charge in [-0.3, -0.25) is 14.9 Å². The monoisotopic (exact) mass is 281 g/mol. The van der Waals surface area contributed by atoms with Gasteiger partial charge in [0, 0.05) is 31.0 Å². The highest BCUT2D eigenvalue weighted by atomic mass is 16.6. The Labute approximate surface area is 117 Å². The number of carbonyl (C=O) groups excluding carboxylic acids is 1. The molecule has 0 radical (unpaired) electrons. The quantitative estimate of drug-likeness (QED) is 0.447. The van der Waals surface area contributed by atoms with Crippen LogP contribution in [0.2, 0.25) is 0 Å². The van der Waals surface area contributed by atoms with Crippen LogP contribution in [0.4, 0.5) is 11.4 Å². The van der Waals surface area contributed by atoms with Gasteiger partial charge in [0.2, 0.25) is 5.91 Å². The molecule has 0 fully saturated rings. The first-order valence-corrected chi connectivity index (χ1v) is 6.21. The molecule has 0 heterocycles. The minimum atomic E-state index is -0.430. The van der Waals surface area contributed by atoms with E-state index in [-0.39, 0.29) is 18.1 Å². The molecule has 1 amide bonds. The van der Waals surface area contributed by atoms with Crippen molar-refractivity contribution in [2.45, 2.75) is 13.8 Å². The highest BCUT2D eigenvalue weighted by Gasteiger charge is 2.14. The van der Waals surface area contributed by atoms with Crippen molar-refractivity contribution in [1.29, 1.82) is 0 Å². The zero-order chi connectivity index (χ0) is 15.1. The van der Waals surface area contributed by atoms with E-state index in [2.05, 4.69) is 10.6 Å². The molecule has 7 heteroatoms. The van der Waals surface area contributed by atoms with Gasteiger partial charge in [-0.15, -0.1) is 0 Å². The van der Waals surface area contributed by atoms with E-state index in [0.717, 1.165) is 0 Å². The van der Waals surface area contributed by atoms with Gasteiger partial charge in [0.25, 0.3) is 5.69 Å². The van der Waals surface area contributed by atoms with Crippen LogP contribution >= 0.6 is 0 Å². The largest absolute Gasteiger partial charge is 0.383 e. The summed E-state index contributed by atoms with van der Waals surface area (Å²) in [5.41, 5.74) is 1.82. The summed E-state index contributed by atoms with van der Waals surface area (Å²) < 4.78 is 4.85. The fourth-order valence-corrected chi connectivity index (χ4v) is 1.70. The van der Waals surface area contributed by atoms with Gasteiger partial charge >= 0.3 is 0 Å². The molecular weight excluding hydrogens is 262 g/mol. The number of anilines is 1. The van der Waals surface area contributed by atoms with E-state index in [1.807, 2.05) is 0 Å². The molecule has 0 aliphatic carbocycles. The number of amides is 1. The van der Waals surface area contributed by atoms with E-state index in [0.29, 0.717) is 30.0 Å². The van der Waals surface area contributed by atoms with Gasteiger partial charge in [0.05, 0.1) is 18.1 Å². The van der Waals surface area contributed by atoms with E-state index in [4.69, 9.17) is 4.74 Å². The number of nitrogens with one attached hydrogen (secondary N) is 2. The first kappa shape index (κ1) is 16.1. The maximum Gasteiger partial charge on any atom is 0.272 e. The molecule has 0 unspecified atom stereocenters. The minimum Gasteiger partial charge on any atom is -0.383 e. The predicted octanol–water partition coefficient (Wildman–Crippen LogP) is 1.39. The highest BCUT2D eigenvalue weighted by Crippen LogP contribution is 2.25. The second kappa shape index (κ2) is 7.56. The number of nitro groups is 1. The number of ether oxygens (including phenoxy) is 1. The van der Waals surface area contributed by atoms with Crippen molar-refractivity contribution in [2.75, 3.05) is 32.1 Å². The Balaban J connectivity index is 2.66. The summed E-state index contributed by atoms with van der Waals surface area (Å²) in [6.45, 7) is 4.65. The lowest BCUT2D eigenvalue weighted by Crippen LogP contribution is -2.30. The molecule has 7 nitrogen and oxygen atoms in total. The molecule has 0 spiro atoms. The van der Waals surface area contributed by atoms with Crippen molar-refractivity contribution < 1.29 is 14.5 Å². The van der Waals surface area contributed by atoms with Gasteiger partial charge in [0.1, 0.15) is 0 Å². The van der Waals surface area contributed by atoms with Crippen molar-refractivity contribution in [1.82, 2.24) is 5.32 Å². The topological polar surface area (TPSA) is 93.5 Å². The molecule has 0 bridgehead atoms. The lowest BCUT2D eigenvalue weighted by Gasteiger charge is -2.10. The Hall–Kier alpha value is -1.99. The van der Waals surface area contributed by atoms with Crippen LogP contribution in [0, 0.1) is 24.0 Å². The molecule has 1 aromatic rings. The maximum atomic E-state index is 11.7. The Morgan fingerprint density at radius 2 is 2.05 bits per heavy atom. The van der Waals surface area contributed by atoms with Crippen molar-refractivity contribution in [3.8, 4) is 0 Å².